The van der Waals surface area contributed by atoms with Gasteiger partial charge in [0.25, 0.3) is 0 Å². The number of hydrogen-bond acceptors (Lipinski definition) is 2. The molecule has 2 aliphatic rings. The maximum absolute atomic E-state index is 12.3. The molecular formula is C14H24N2O3. The summed E-state index contributed by atoms with van der Waals surface area (Å²) < 4.78 is 0. The molecule has 0 unspecified atom stereocenters. The number of carbonyl (C=O) groups excluding carboxylic acids is 1. The molecule has 5 nitrogen and oxygen atoms in total. The van der Waals surface area contributed by atoms with E-state index in [-0.39, 0.29) is 6.03 Å². The Hall–Kier alpha value is -1.26. The summed E-state index contributed by atoms with van der Waals surface area (Å²) in [6, 6.07) is 0.111. The molecule has 0 aromatic heterocycles. The normalized spacial score (nSPS) is 30.7. The lowest BCUT2D eigenvalue weighted by Crippen LogP contribution is -2.59. The zero-order chi connectivity index (χ0) is 14.0. The molecule has 2 fully saturated rings. The predicted molar refractivity (Wildman–Crippen MR) is 71.9 cm³/mol. The molecule has 2 saturated carbocycles. The lowest BCUT2D eigenvalue weighted by Gasteiger charge is -2.38. The summed E-state index contributed by atoms with van der Waals surface area (Å²) in [5, 5.41) is 12.3. The van der Waals surface area contributed by atoms with E-state index in [1.165, 1.54) is 0 Å². The molecule has 0 aromatic rings. The van der Waals surface area contributed by atoms with E-state index >= 15 is 0 Å². The van der Waals surface area contributed by atoms with Gasteiger partial charge >= 0.3 is 12.0 Å². The van der Waals surface area contributed by atoms with Crippen molar-refractivity contribution in [1.29, 1.82) is 0 Å². The molecule has 0 bridgehead atoms. The van der Waals surface area contributed by atoms with Crippen LogP contribution < -0.4 is 5.32 Å². The van der Waals surface area contributed by atoms with Crippen molar-refractivity contribution in [2.24, 2.45) is 5.92 Å². The number of carboxylic acid groups (broad SMARTS) is 1. The number of carboxylic acids is 1. The van der Waals surface area contributed by atoms with Crippen LogP contribution in [0.25, 0.3) is 0 Å². The van der Waals surface area contributed by atoms with Crippen LogP contribution in [0.5, 0.6) is 0 Å². The smallest absolute Gasteiger partial charge is 0.329 e. The molecule has 19 heavy (non-hydrogen) atoms. The lowest BCUT2D eigenvalue weighted by molar-refractivity contribution is -0.146. The van der Waals surface area contributed by atoms with Crippen LogP contribution in [-0.4, -0.2) is 40.1 Å². The first-order valence-corrected chi connectivity index (χ1v) is 7.30. The monoisotopic (exact) mass is 268 g/mol. The van der Waals surface area contributed by atoms with E-state index < -0.39 is 11.5 Å². The Morgan fingerprint density at radius 3 is 2.26 bits per heavy atom. The van der Waals surface area contributed by atoms with Gasteiger partial charge in [-0.3, -0.25) is 0 Å². The molecular weight excluding hydrogens is 244 g/mol. The van der Waals surface area contributed by atoms with E-state index in [2.05, 4.69) is 12.2 Å². The second-order valence-corrected chi connectivity index (χ2v) is 6.02. The zero-order valence-electron chi connectivity index (χ0n) is 11.8. The van der Waals surface area contributed by atoms with Gasteiger partial charge in [0.15, 0.2) is 0 Å². The molecule has 108 valence electrons. The Bertz CT molecular complexity index is 358. The topological polar surface area (TPSA) is 69.6 Å². The minimum Gasteiger partial charge on any atom is -0.480 e. The van der Waals surface area contributed by atoms with E-state index in [0.717, 1.165) is 25.7 Å². The van der Waals surface area contributed by atoms with Gasteiger partial charge in [-0.25, -0.2) is 9.59 Å². The second kappa shape index (κ2) is 5.39. The van der Waals surface area contributed by atoms with Crippen LogP contribution in [-0.2, 0) is 4.79 Å². The number of carbonyl (C=O) groups is 2. The van der Waals surface area contributed by atoms with Crippen LogP contribution in [0.2, 0.25) is 0 Å². The van der Waals surface area contributed by atoms with Gasteiger partial charge in [-0.05, 0) is 51.4 Å². The van der Waals surface area contributed by atoms with Crippen molar-refractivity contribution in [3.05, 3.63) is 0 Å². The maximum atomic E-state index is 12.3. The first-order chi connectivity index (χ1) is 8.98. The fraction of sp³-hybridized carbons (Fsp3) is 0.857. The summed E-state index contributed by atoms with van der Waals surface area (Å²) in [5.41, 5.74) is -1.05. The summed E-state index contributed by atoms with van der Waals surface area (Å²) in [4.78, 5) is 25.6. The third kappa shape index (κ3) is 3.01. The van der Waals surface area contributed by atoms with Gasteiger partial charge in [-0.2, -0.15) is 0 Å². The standard InChI is InChI=1S/C14H24N2O3/c1-3-16(11-4-5-11)13(19)15-14(12(17)18)8-6-10(2)7-9-14/h10-11H,3-9H2,1-2H3,(H,15,19)(H,17,18). The second-order valence-electron chi connectivity index (χ2n) is 6.02. The Balaban J connectivity index is 2.04. The van der Waals surface area contributed by atoms with E-state index in [9.17, 15) is 14.7 Å². The molecule has 0 saturated heterocycles. The average molecular weight is 268 g/mol. The van der Waals surface area contributed by atoms with Gasteiger partial charge in [0.05, 0.1) is 0 Å². The highest BCUT2D eigenvalue weighted by atomic mass is 16.4. The highest BCUT2D eigenvalue weighted by molar-refractivity contribution is 5.86. The number of aliphatic carboxylic acids is 1. The van der Waals surface area contributed by atoms with Crippen molar-refractivity contribution in [3.63, 3.8) is 0 Å². The molecule has 2 N–H and O–H groups in total. The number of nitrogens with one attached hydrogen (secondary N) is 1. The van der Waals surface area contributed by atoms with Crippen LogP contribution >= 0.6 is 0 Å². The van der Waals surface area contributed by atoms with Crippen molar-refractivity contribution in [3.8, 4) is 0 Å². The van der Waals surface area contributed by atoms with Crippen LogP contribution in [0.4, 0.5) is 4.79 Å². The SMILES string of the molecule is CCN(C(=O)NC1(C(=O)O)CCC(C)CC1)C1CC1. The fourth-order valence-electron chi connectivity index (χ4n) is 2.88. The van der Waals surface area contributed by atoms with Crippen LogP contribution in [0.15, 0.2) is 0 Å². The number of nitrogens with zero attached hydrogens (tertiary/aromatic N) is 1. The number of hydrogen-bond donors (Lipinski definition) is 2. The van der Waals surface area contributed by atoms with Gasteiger partial charge in [0, 0.05) is 12.6 Å². The van der Waals surface area contributed by atoms with Crippen molar-refractivity contribution in [1.82, 2.24) is 10.2 Å². The van der Waals surface area contributed by atoms with Crippen LogP contribution in [0.1, 0.15) is 52.4 Å². The predicted octanol–water partition coefficient (Wildman–Crippen LogP) is 2.21. The minimum atomic E-state index is -1.05. The minimum absolute atomic E-state index is 0.207. The molecule has 0 atom stereocenters. The average Bonchev–Trinajstić information content (AvgIpc) is 3.17. The Labute approximate surface area is 114 Å². The Morgan fingerprint density at radius 1 is 1.26 bits per heavy atom. The zero-order valence-corrected chi connectivity index (χ0v) is 11.8. The summed E-state index contributed by atoms with van der Waals surface area (Å²) in [5.74, 6) is -0.338. The van der Waals surface area contributed by atoms with E-state index in [1.807, 2.05) is 6.92 Å². The van der Waals surface area contributed by atoms with Gasteiger partial charge in [0.1, 0.15) is 5.54 Å². The van der Waals surface area contributed by atoms with Crippen LogP contribution in [0, 0.1) is 5.92 Å². The van der Waals surface area contributed by atoms with E-state index in [0.29, 0.717) is 31.3 Å². The van der Waals surface area contributed by atoms with Crippen LogP contribution in [0.3, 0.4) is 0 Å². The summed E-state index contributed by atoms with van der Waals surface area (Å²) in [6.07, 6.45) is 4.88. The quantitative estimate of drug-likeness (QED) is 0.821. The number of urea groups is 1. The number of amides is 2. The highest BCUT2D eigenvalue weighted by Gasteiger charge is 2.44. The molecule has 0 aromatic carbocycles. The third-order valence-electron chi connectivity index (χ3n) is 4.47. The van der Waals surface area contributed by atoms with Crippen molar-refractivity contribution >= 4 is 12.0 Å². The number of rotatable bonds is 4. The largest absolute Gasteiger partial charge is 0.480 e. The van der Waals surface area contributed by atoms with Gasteiger partial charge < -0.3 is 15.3 Å². The van der Waals surface area contributed by atoms with Gasteiger partial charge in [0.2, 0.25) is 0 Å². The summed E-state index contributed by atoms with van der Waals surface area (Å²) >= 11 is 0. The highest BCUT2D eigenvalue weighted by Crippen LogP contribution is 2.33. The lowest BCUT2D eigenvalue weighted by atomic mass is 9.77. The molecule has 0 radical (unpaired) electrons. The molecule has 0 heterocycles. The fourth-order valence-corrected chi connectivity index (χ4v) is 2.88. The van der Waals surface area contributed by atoms with Crippen molar-refractivity contribution < 1.29 is 14.7 Å². The summed E-state index contributed by atoms with van der Waals surface area (Å²) in [7, 11) is 0. The van der Waals surface area contributed by atoms with Gasteiger partial charge in [-0.1, -0.05) is 6.92 Å². The van der Waals surface area contributed by atoms with E-state index in [4.69, 9.17) is 0 Å². The van der Waals surface area contributed by atoms with Crippen molar-refractivity contribution in [2.45, 2.75) is 64.0 Å². The molecule has 0 spiro atoms. The molecule has 2 rings (SSSR count). The molecule has 2 amide bonds. The molecule has 0 aliphatic heterocycles. The Kier molecular flexibility index (Phi) is 4.02. The maximum Gasteiger partial charge on any atom is 0.329 e. The van der Waals surface area contributed by atoms with Gasteiger partial charge in [-0.15, -0.1) is 0 Å². The summed E-state index contributed by atoms with van der Waals surface area (Å²) in [6.45, 7) is 4.72. The van der Waals surface area contributed by atoms with E-state index in [1.54, 1.807) is 4.90 Å². The first kappa shape index (κ1) is 14.2. The molecule has 2 aliphatic carbocycles. The Morgan fingerprint density at radius 2 is 1.84 bits per heavy atom. The third-order valence-corrected chi connectivity index (χ3v) is 4.47. The molecule has 5 heteroatoms. The van der Waals surface area contributed by atoms with Crippen molar-refractivity contribution in [2.75, 3.05) is 6.54 Å². The first-order valence-electron chi connectivity index (χ1n) is 7.30.